The van der Waals surface area contributed by atoms with Crippen LogP contribution in [0.25, 0.3) is 0 Å². The minimum Gasteiger partial charge on any atom is -0.489 e. The molecule has 27 heavy (non-hydrogen) atoms. The Bertz CT molecular complexity index is 953. The van der Waals surface area contributed by atoms with Crippen LogP contribution in [0.2, 0.25) is 5.02 Å². The molecule has 0 spiro atoms. The summed E-state index contributed by atoms with van der Waals surface area (Å²) < 4.78 is 5.79. The number of halogens is 1. The summed E-state index contributed by atoms with van der Waals surface area (Å²) in [5.41, 5.74) is 5.99. The lowest BCUT2D eigenvalue weighted by atomic mass is 10.1. The first kappa shape index (κ1) is 18.7. The van der Waals surface area contributed by atoms with Gasteiger partial charge in [0.05, 0.1) is 6.21 Å². The summed E-state index contributed by atoms with van der Waals surface area (Å²) in [7, 11) is 0. The number of aryl methyl sites for hydroxylation is 1. The molecule has 0 radical (unpaired) electrons. The normalized spacial score (nSPS) is 10.7. The fourth-order valence-corrected chi connectivity index (χ4v) is 2.57. The number of nitrogens with zero attached hydrogens (tertiary/aromatic N) is 1. The molecule has 0 heterocycles. The topological polar surface area (TPSA) is 50.7 Å². The maximum atomic E-state index is 12.1. The van der Waals surface area contributed by atoms with E-state index in [1.807, 2.05) is 73.7 Å². The molecule has 136 valence electrons. The molecule has 0 aliphatic rings. The van der Waals surface area contributed by atoms with Crippen molar-refractivity contribution >= 4 is 23.7 Å². The molecule has 4 nitrogen and oxygen atoms in total. The highest BCUT2D eigenvalue weighted by Gasteiger charge is 2.03. The zero-order valence-electron chi connectivity index (χ0n) is 14.9. The Balaban J connectivity index is 1.57. The summed E-state index contributed by atoms with van der Waals surface area (Å²) in [4.78, 5) is 12.1. The van der Waals surface area contributed by atoms with E-state index in [0.29, 0.717) is 17.2 Å². The molecule has 0 fully saturated rings. The molecule has 0 aliphatic heterocycles. The number of amides is 1. The van der Waals surface area contributed by atoms with E-state index in [-0.39, 0.29) is 5.91 Å². The van der Waals surface area contributed by atoms with Gasteiger partial charge >= 0.3 is 0 Å². The lowest BCUT2D eigenvalue weighted by Gasteiger charge is -2.07. The molecular weight excluding hydrogens is 360 g/mol. The quantitative estimate of drug-likeness (QED) is 0.485. The number of nitrogens with one attached hydrogen (secondary N) is 1. The molecule has 1 N–H and O–H groups in total. The molecular formula is C22H19ClN2O2. The molecule has 0 saturated carbocycles. The summed E-state index contributed by atoms with van der Waals surface area (Å²) in [6.07, 6.45) is 1.59. The zero-order valence-corrected chi connectivity index (χ0v) is 15.6. The average molecular weight is 379 g/mol. The van der Waals surface area contributed by atoms with Gasteiger partial charge in [0.25, 0.3) is 5.91 Å². The van der Waals surface area contributed by atoms with Crippen molar-refractivity contribution in [3.05, 3.63) is 100 Å². The van der Waals surface area contributed by atoms with E-state index in [1.165, 1.54) is 0 Å². The van der Waals surface area contributed by atoms with Crippen LogP contribution in [0.4, 0.5) is 0 Å². The van der Waals surface area contributed by atoms with E-state index >= 15 is 0 Å². The second-order valence-corrected chi connectivity index (χ2v) is 6.49. The van der Waals surface area contributed by atoms with Crippen molar-refractivity contribution in [2.45, 2.75) is 13.5 Å². The van der Waals surface area contributed by atoms with Gasteiger partial charge in [-0.15, -0.1) is 0 Å². The van der Waals surface area contributed by atoms with Crippen molar-refractivity contribution in [1.82, 2.24) is 5.43 Å². The van der Waals surface area contributed by atoms with Crippen molar-refractivity contribution in [2.24, 2.45) is 5.10 Å². The lowest BCUT2D eigenvalue weighted by Crippen LogP contribution is -2.17. The van der Waals surface area contributed by atoms with E-state index < -0.39 is 0 Å². The van der Waals surface area contributed by atoms with Crippen LogP contribution in [-0.2, 0) is 6.61 Å². The van der Waals surface area contributed by atoms with Gasteiger partial charge in [0.15, 0.2) is 0 Å². The second-order valence-electron chi connectivity index (χ2n) is 6.06. The van der Waals surface area contributed by atoms with Gasteiger partial charge in [-0.1, -0.05) is 53.6 Å². The number of benzene rings is 3. The number of ether oxygens (including phenoxy) is 1. The first-order valence-corrected chi connectivity index (χ1v) is 8.85. The van der Waals surface area contributed by atoms with Crippen molar-refractivity contribution in [1.29, 1.82) is 0 Å². The van der Waals surface area contributed by atoms with Gasteiger partial charge in [-0.25, -0.2) is 5.43 Å². The third-order valence-electron chi connectivity index (χ3n) is 3.84. The van der Waals surface area contributed by atoms with E-state index in [0.717, 1.165) is 22.4 Å². The van der Waals surface area contributed by atoms with Gasteiger partial charge in [-0.3, -0.25) is 4.79 Å². The van der Waals surface area contributed by atoms with Crippen molar-refractivity contribution in [3.63, 3.8) is 0 Å². The number of hydrogen-bond donors (Lipinski definition) is 1. The summed E-state index contributed by atoms with van der Waals surface area (Å²) in [5.74, 6) is 0.476. The lowest BCUT2D eigenvalue weighted by molar-refractivity contribution is 0.0955. The SMILES string of the molecule is Cc1cccc(C(=O)N/N=C\c2cccc(OCc3ccc(Cl)cc3)c2)c1. The van der Waals surface area contributed by atoms with Crippen LogP contribution < -0.4 is 10.2 Å². The van der Waals surface area contributed by atoms with Crippen LogP contribution in [0.3, 0.4) is 0 Å². The van der Waals surface area contributed by atoms with Gasteiger partial charge in [0.1, 0.15) is 12.4 Å². The van der Waals surface area contributed by atoms with Gasteiger partial charge in [-0.2, -0.15) is 5.10 Å². The Labute approximate surface area is 163 Å². The highest BCUT2D eigenvalue weighted by Crippen LogP contribution is 2.15. The zero-order chi connectivity index (χ0) is 19.1. The van der Waals surface area contributed by atoms with Gasteiger partial charge in [0, 0.05) is 10.6 Å². The maximum absolute atomic E-state index is 12.1. The third kappa shape index (κ3) is 5.69. The minimum absolute atomic E-state index is 0.245. The summed E-state index contributed by atoms with van der Waals surface area (Å²) in [5, 5.41) is 4.72. The summed E-state index contributed by atoms with van der Waals surface area (Å²) in [6, 6.07) is 22.4. The molecule has 3 aromatic carbocycles. The smallest absolute Gasteiger partial charge is 0.271 e. The highest BCUT2D eigenvalue weighted by atomic mass is 35.5. The molecule has 0 atom stereocenters. The van der Waals surface area contributed by atoms with E-state index in [1.54, 1.807) is 12.3 Å². The first-order valence-electron chi connectivity index (χ1n) is 8.47. The number of carbonyl (C=O) groups excluding carboxylic acids is 1. The van der Waals surface area contributed by atoms with Crippen LogP contribution in [0.15, 0.2) is 77.9 Å². The summed E-state index contributed by atoms with van der Waals surface area (Å²) in [6.45, 7) is 2.39. The van der Waals surface area contributed by atoms with Crippen LogP contribution in [-0.4, -0.2) is 12.1 Å². The molecule has 5 heteroatoms. The average Bonchev–Trinajstić information content (AvgIpc) is 2.68. The first-order chi connectivity index (χ1) is 13.1. The Kier molecular flexibility index (Phi) is 6.23. The Morgan fingerprint density at radius 2 is 1.85 bits per heavy atom. The second kappa shape index (κ2) is 9.01. The van der Waals surface area contributed by atoms with E-state index in [2.05, 4.69) is 10.5 Å². The number of rotatable bonds is 6. The van der Waals surface area contributed by atoms with Crippen LogP contribution in [0.5, 0.6) is 5.75 Å². The predicted molar refractivity (Wildman–Crippen MR) is 108 cm³/mol. The van der Waals surface area contributed by atoms with E-state index in [9.17, 15) is 4.79 Å². The van der Waals surface area contributed by atoms with Gasteiger partial charge in [0.2, 0.25) is 0 Å². The third-order valence-corrected chi connectivity index (χ3v) is 4.09. The standard InChI is InChI=1S/C22H19ClN2O2/c1-16-4-2-6-19(12-16)22(26)25-24-14-18-5-3-7-21(13-18)27-15-17-8-10-20(23)11-9-17/h2-14H,15H2,1H3,(H,25,26)/b24-14-. The fourth-order valence-electron chi connectivity index (χ4n) is 2.45. The van der Waals surface area contributed by atoms with Crippen LogP contribution in [0.1, 0.15) is 27.0 Å². The Hall–Kier alpha value is -3.11. The number of carbonyl (C=O) groups is 1. The maximum Gasteiger partial charge on any atom is 0.271 e. The Morgan fingerprint density at radius 1 is 1.07 bits per heavy atom. The predicted octanol–water partition coefficient (Wildman–Crippen LogP) is 4.99. The van der Waals surface area contributed by atoms with Gasteiger partial charge in [-0.05, 0) is 54.4 Å². The van der Waals surface area contributed by atoms with Crippen molar-refractivity contribution in [2.75, 3.05) is 0 Å². The minimum atomic E-state index is -0.245. The molecule has 0 bridgehead atoms. The Morgan fingerprint density at radius 3 is 2.63 bits per heavy atom. The molecule has 3 aromatic rings. The fraction of sp³-hybridized carbons (Fsp3) is 0.0909. The monoisotopic (exact) mass is 378 g/mol. The van der Waals surface area contributed by atoms with E-state index in [4.69, 9.17) is 16.3 Å². The van der Waals surface area contributed by atoms with Crippen molar-refractivity contribution in [3.8, 4) is 5.75 Å². The highest BCUT2D eigenvalue weighted by molar-refractivity contribution is 6.30. The largest absolute Gasteiger partial charge is 0.489 e. The number of hydrogen-bond acceptors (Lipinski definition) is 3. The molecule has 0 unspecified atom stereocenters. The molecule has 0 aromatic heterocycles. The van der Waals surface area contributed by atoms with Crippen LogP contribution in [0, 0.1) is 6.92 Å². The molecule has 1 amide bonds. The van der Waals surface area contributed by atoms with Crippen molar-refractivity contribution < 1.29 is 9.53 Å². The van der Waals surface area contributed by atoms with Crippen LogP contribution >= 0.6 is 11.6 Å². The number of hydrazone groups is 1. The van der Waals surface area contributed by atoms with Gasteiger partial charge < -0.3 is 4.74 Å². The molecule has 3 rings (SSSR count). The molecule has 0 saturated heterocycles. The summed E-state index contributed by atoms with van der Waals surface area (Å²) >= 11 is 5.88. The molecule has 0 aliphatic carbocycles.